The van der Waals surface area contributed by atoms with E-state index in [2.05, 4.69) is 40.2 Å². The number of aliphatic imine (C=N–C) groups is 1. The number of rotatable bonds is 10. The van der Waals surface area contributed by atoms with E-state index in [1.807, 2.05) is 49.4 Å². The van der Waals surface area contributed by atoms with Crippen LogP contribution in [0.3, 0.4) is 0 Å². The van der Waals surface area contributed by atoms with Crippen molar-refractivity contribution < 1.29 is 27.5 Å². The Morgan fingerprint density at radius 2 is 1.85 bits per heavy atom. The Kier molecular flexibility index (Phi) is 10.1. The number of anilines is 1. The van der Waals surface area contributed by atoms with Crippen molar-refractivity contribution in [2.45, 2.75) is 39.5 Å². The van der Waals surface area contributed by atoms with Crippen molar-refractivity contribution in [3.05, 3.63) is 102 Å². The summed E-state index contributed by atoms with van der Waals surface area (Å²) in [4.78, 5) is 38.2. The van der Waals surface area contributed by atoms with Crippen LogP contribution in [0.15, 0.2) is 90.7 Å². The van der Waals surface area contributed by atoms with Gasteiger partial charge in [-0.25, -0.2) is 14.5 Å². The Balaban J connectivity index is 1.25. The van der Waals surface area contributed by atoms with Gasteiger partial charge >= 0.3 is 12.4 Å². The lowest BCUT2D eigenvalue weighted by Crippen LogP contribution is -2.35. The quantitative estimate of drug-likeness (QED) is 0.163. The molecule has 0 atom stereocenters. The molecule has 1 aliphatic rings. The fourth-order valence-corrected chi connectivity index (χ4v) is 5.85. The number of alkyl halides is 3. The Hall–Kier alpha value is -4.91. The summed E-state index contributed by atoms with van der Waals surface area (Å²) in [6.07, 6.45) is -1.10. The van der Waals surface area contributed by atoms with Crippen LogP contribution in [-0.2, 0) is 11.2 Å². The van der Waals surface area contributed by atoms with E-state index >= 15 is 0 Å². The predicted octanol–water partition coefficient (Wildman–Crippen LogP) is 7.55. The molecule has 244 valence electrons. The molecule has 0 aliphatic carbocycles. The second-order valence-corrected chi connectivity index (χ2v) is 12.1. The average Bonchev–Trinajstić information content (AvgIpc) is 3.66. The van der Waals surface area contributed by atoms with Gasteiger partial charge in [0.15, 0.2) is 11.0 Å². The van der Waals surface area contributed by atoms with Crippen LogP contribution in [0.4, 0.5) is 23.7 Å². The number of carbonyl (C=O) groups excluding carboxylic acids is 2. The molecular formula is C34H33F3N6O3S. The molecule has 13 heteroatoms. The highest BCUT2D eigenvalue weighted by atomic mass is 32.2. The number of halogens is 3. The molecule has 47 heavy (non-hydrogen) atoms. The second-order valence-electron chi connectivity index (χ2n) is 11.1. The van der Waals surface area contributed by atoms with Gasteiger partial charge in [0.25, 0.3) is 0 Å². The maximum absolute atomic E-state index is 13.4. The number of benzene rings is 3. The zero-order chi connectivity index (χ0) is 33.7. The molecule has 1 aromatic heterocycles. The van der Waals surface area contributed by atoms with E-state index in [9.17, 15) is 22.8 Å². The minimum absolute atomic E-state index is 0.114. The number of urea groups is 1. The van der Waals surface area contributed by atoms with E-state index in [4.69, 9.17) is 0 Å². The molecule has 2 heterocycles. The molecule has 0 unspecified atom stereocenters. The number of hydrogen-bond acceptors (Lipinski definition) is 6. The number of nitrogens with zero attached hydrogens (tertiary/aromatic N) is 6. The van der Waals surface area contributed by atoms with Crippen LogP contribution in [0.1, 0.15) is 36.5 Å². The van der Waals surface area contributed by atoms with Crippen LogP contribution in [-0.4, -0.2) is 62.0 Å². The number of aryl methyl sites for hydroxylation is 1. The number of carbonyl (C=O) groups is 2. The minimum atomic E-state index is -4.76. The Morgan fingerprint density at radius 3 is 2.51 bits per heavy atom. The van der Waals surface area contributed by atoms with Crippen LogP contribution in [0.25, 0.3) is 17.1 Å². The molecule has 3 amide bonds. The third-order valence-electron chi connectivity index (χ3n) is 7.33. The number of amides is 3. The first-order chi connectivity index (χ1) is 22.4. The Bertz CT molecular complexity index is 1790. The van der Waals surface area contributed by atoms with Crippen LogP contribution in [0.2, 0.25) is 0 Å². The van der Waals surface area contributed by atoms with Gasteiger partial charge in [0.05, 0.1) is 17.1 Å². The lowest BCUT2D eigenvalue weighted by molar-refractivity contribution is -0.274. The summed E-state index contributed by atoms with van der Waals surface area (Å²) >= 11 is 1.25. The van der Waals surface area contributed by atoms with E-state index < -0.39 is 12.4 Å². The number of ether oxygens (including phenoxy) is 1. The third kappa shape index (κ3) is 8.28. The van der Waals surface area contributed by atoms with Crippen LogP contribution >= 0.6 is 11.8 Å². The van der Waals surface area contributed by atoms with E-state index in [0.29, 0.717) is 36.2 Å². The van der Waals surface area contributed by atoms with Gasteiger partial charge in [0.1, 0.15) is 12.1 Å². The molecule has 0 N–H and O–H groups in total. The largest absolute Gasteiger partial charge is 0.573 e. The number of amidine groups is 1. The SMILES string of the molecule is C=CCN(CCc1ccc(-c2ncn(-c3ccc(OC(F)(F)F)cc3)n2)cc1)C(=O)/N=C1/SCC(=O)N1c1cc(C)ccc1C(C)C. The zero-order valence-electron chi connectivity index (χ0n) is 26.1. The fourth-order valence-electron chi connectivity index (χ4n) is 5.00. The molecular weight excluding hydrogens is 629 g/mol. The molecule has 1 saturated heterocycles. The fraction of sp³-hybridized carbons (Fsp3) is 0.265. The third-order valence-corrected chi connectivity index (χ3v) is 8.26. The molecule has 4 aromatic rings. The summed E-state index contributed by atoms with van der Waals surface area (Å²) in [6, 6.07) is 18.4. The van der Waals surface area contributed by atoms with Crippen molar-refractivity contribution in [3.63, 3.8) is 0 Å². The van der Waals surface area contributed by atoms with Crippen LogP contribution < -0.4 is 9.64 Å². The molecule has 0 radical (unpaired) electrons. The number of thioether (sulfide) groups is 1. The maximum Gasteiger partial charge on any atom is 0.573 e. The lowest BCUT2D eigenvalue weighted by Gasteiger charge is -2.23. The molecule has 9 nitrogen and oxygen atoms in total. The normalized spacial score (nSPS) is 14.2. The first kappa shape index (κ1) is 33.5. The zero-order valence-corrected chi connectivity index (χ0v) is 26.9. The van der Waals surface area contributed by atoms with Crippen molar-refractivity contribution in [2.75, 3.05) is 23.7 Å². The summed E-state index contributed by atoms with van der Waals surface area (Å²) < 4.78 is 42.7. The highest BCUT2D eigenvalue weighted by Gasteiger charge is 2.33. The summed E-state index contributed by atoms with van der Waals surface area (Å²) in [7, 11) is 0. The van der Waals surface area contributed by atoms with Gasteiger partial charge in [-0.15, -0.1) is 24.8 Å². The van der Waals surface area contributed by atoms with E-state index in [0.717, 1.165) is 27.9 Å². The average molecular weight is 663 g/mol. The van der Waals surface area contributed by atoms with Crippen molar-refractivity contribution in [2.24, 2.45) is 4.99 Å². The van der Waals surface area contributed by atoms with Gasteiger partial charge in [-0.05, 0) is 66.3 Å². The van der Waals surface area contributed by atoms with Gasteiger partial charge in [0.2, 0.25) is 5.91 Å². The van der Waals surface area contributed by atoms with Crippen LogP contribution in [0.5, 0.6) is 5.75 Å². The predicted molar refractivity (Wildman–Crippen MR) is 177 cm³/mol. The first-order valence-corrected chi connectivity index (χ1v) is 15.8. The molecule has 3 aromatic carbocycles. The maximum atomic E-state index is 13.4. The molecule has 0 spiro atoms. The summed E-state index contributed by atoms with van der Waals surface area (Å²) in [5.41, 5.74) is 5.01. The highest BCUT2D eigenvalue weighted by Crippen LogP contribution is 2.34. The number of aromatic nitrogens is 3. The molecule has 0 bridgehead atoms. The molecule has 1 fully saturated rings. The van der Waals surface area contributed by atoms with Gasteiger partial charge in [-0.2, -0.15) is 4.99 Å². The standard InChI is InChI=1S/C34H33F3N6O3S/c1-5-17-41(32(45)39-33-43(30(44)20-47-33)29-19-23(4)6-15-28(29)22(2)3)18-16-24-7-9-25(10-8-24)31-38-21-42(40-31)26-11-13-27(14-12-26)46-34(35,36)37/h5-15,19,21-22H,1,16-18,20H2,2-4H3/b39-33+. The van der Waals surface area contributed by atoms with Crippen molar-refractivity contribution in [3.8, 4) is 22.8 Å². The molecule has 1 aliphatic heterocycles. The second kappa shape index (κ2) is 14.2. The highest BCUT2D eigenvalue weighted by molar-refractivity contribution is 8.15. The van der Waals surface area contributed by atoms with Gasteiger partial charge < -0.3 is 9.64 Å². The van der Waals surface area contributed by atoms with Crippen molar-refractivity contribution >= 4 is 34.6 Å². The summed E-state index contributed by atoms with van der Waals surface area (Å²) in [5, 5.41) is 4.81. The molecule has 0 saturated carbocycles. The number of hydrogen-bond donors (Lipinski definition) is 0. The first-order valence-electron chi connectivity index (χ1n) is 14.8. The summed E-state index contributed by atoms with van der Waals surface area (Å²) in [6.45, 7) is 10.6. The lowest BCUT2D eigenvalue weighted by atomic mass is 9.99. The van der Waals surface area contributed by atoms with Crippen molar-refractivity contribution in [1.82, 2.24) is 19.7 Å². The Morgan fingerprint density at radius 1 is 1.13 bits per heavy atom. The van der Waals surface area contributed by atoms with Gasteiger partial charge in [-0.1, -0.05) is 68.1 Å². The van der Waals surface area contributed by atoms with E-state index in [-0.39, 0.29) is 23.3 Å². The smallest absolute Gasteiger partial charge is 0.406 e. The van der Waals surface area contributed by atoms with Crippen molar-refractivity contribution in [1.29, 1.82) is 0 Å². The minimum Gasteiger partial charge on any atom is -0.406 e. The summed E-state index contributed by atoms with van der Waals surface area (Å²) in [5.74, 6) is 0.390. The molecule has 5 rings (SSSR count). The van der Waals surface area contributed by atoms with Crippen LogP contribution in [0, 0.1) is 6.92 Å². The van der Waals surface area contributed by atoms with Gasteiger partial charge in [0, 0.05) is 18.7 Å². The van der Waals surface area contributed by atoms with Gasteiger partial charge in [-0.3, -0.25) is 9.69 Å². The van der Waals surface area contributed by atoms with E-state index in [1.54, 1.807) is 15.9 Å². The topological polar surface area (TPSA) is 92.9 Å². The monoisotopic (exact) mass is 662 g/mol. The van der Waals surface area contributed by atoms with E-state index in [1.165, 1.54) is 47.0 Å². The Labute approximate surface area is 274 Å².